The van der Waals surface area contributed by atoms with Crippen LogP contribution in [-0.4, -0.2) is 46.4 Å². The fourth-order valence-corrected chi connectivity index (χ4v) is 3.70. The van der Waals surface area contributed by atoms with Gasteiger partial charge in [0.2, 0.25) is 0 Å². The smallest absolute Gasteiger partial charge is 0.256 e. The number of aromatic nitrogens is 2. The van der Waals surface area contributed by atoms with Crippen molar-refractivity contribution < 1.29 is 4.79 Å². The summed E-state index contributed by atoms with van der Waals surface area (Å²) in [4.78, 5) is 14.6. The predicted octanol–water partition coefficient (Wildman–Crippen LogP) is 3.70. The Bertz CT molecular complexity index is 655. The number of amides is 1. The van der Waals surface area contributed by atoms with Crippen molar-refractivity contribution in [2.75, 3.05) is 30.7 Å². The second-order valence-electron chi connectivity index (χ2n) is 6.18. The van der Waals surface area contributed by atoms with Gasteiger partial charge in [-0.1, -0.05) is 31.0 Å². The second-order valence-corrected chi connectivity index (χ2v) is 7.30. The standard InChI is InChI=1S/C19H24N4OS/c24-19(16-8-4-3-5-9-16)20-17-10-11-18(22-21-17)25-15-14-23-12-6-1-2-7-13-23/h3-5,8-11H,1-2,6-7,12-15H2,(H,20,21,24). The van der Waals surface area contributed by atoms with Crippen LogP contribution >= 0.6 is 11.8 Å². The molecule has 1 fully saturated rings. The monoisotopic (exact) mass is 356 g/mol. The van der Waals surface area contributed by atoms with Gasteiger partial charge in [0.1, 0.15) is 5.03 Å². The third-order valence-electron chi connectivity index (χ3n) is 4.27. The molecule has 0 atom stereocenters. The van der Waals surface area contributed by atoms with Gasteiger partial charge in [-0.25, -0.2) is 0 Å². The molecule has 1 saturated heterocycles. The van der Waals surface area contributed by atoms with Crippen LogP contribution in [0.3, 0.4) is 0 Å². The van der Waals surface area contributed by atoms with Crippen molar-refractivity contribution in [1.82, 2.24) is 15.1 Å². The van der Waals surface area contributed by atoms with E-state index < -0.39 is 0 Å². The van der Waals surface area contributed by atoms with Crippen molar-refractivity contribution in [1.29, 1.82) is 0 Å². The largest absolute Gasteiger partial charge is 0.305 e. The molecule has 0 saturated carbocycles. The van der Waals surface area contributed by atoms with Crippen molar-refractivity contribution in [2.24, 2.45) is 0 Å². The van der Waals surface area contributed by atoms with Crippen molar-refractivity contribution in [3.63, 3.8) is 0 Å². The summed E-state index contributed by atoms with van der Waals surface area (Å²) in [6.45, 7) is 3.53. The maximum atomic E-state index is 12.1. The van der Waals surface area contributed by atoms with Crippen LogP contribution in [0.25, 0.3) is 0 Å². The van der Waals surface area contributed by atoms with Gasteiger partial charge in [0.15, 0.2) is 5.82 Å². The first kappa shape index (κ1) is 17.9. The summed E-state index contributed by atoms with van der Waals surface area (Å²) < 4.78 is 0. The molecule has 2 aromatic rings. The lowest BCUT2D eigenvalue weighted by molar-refractivity contribution is 0.102. The number of nitrogens with zero attached hydrogens (tertiary/aromatic N) is 3. The van der Waals surface area contributed by atoms with Crippen LogP contribution in [0, 0.1) is 0 Å². The van der Waals surface area contributed by atoms with E-state index in [2.05, 4.69) is 20.4 Å². The molecule has 0 aliphatic carbocycles. The molecular formula is C19H24N4OS. The number of carbonyl (C=O) groups is 1. The molecule has 1 aromatic heterocycles. The summed E-state index contributed by atoms with van der Waals surface area (Å²) in [6, 6.07) is 12.8. The van der Waals surface area contributed by atoms with Crippen LogP contribution in [-0.2, 0) is 0 Å². The van der Waals surface area contributed by atoms with Crippen molar-refractivity contribution in [3.8, 4) is 0 Å². The lowest BCUT2D eigenvalue weighted by Gasteiger charge is -2.18. The van der Waals surface area contributed by atoms with E-state index in [1.54, 1.807) is 23.9 Å². The zero-order chi connectivity index (χ0) is 17.3. The fourth-order valence-electron chi connectivity index (χ4n) is 2.88. The maximum Gasteiger partial charge on any atom is 0.256 e. The molecule has 5 nitrogen and oxygen atoms in total. The van der Waals surface area contributed by atoms with Crippen LogP contribution in [0.15, 0.2) is 47.5 Å². The number of likely N-dealkylation sites (tertiary alicyclic amines) is 1. The molecule has 0 bridgehead atoms. The molecule has 2 heterocycles. The fraction of sp³-hybridized carbons (Fsp3) is 0.421. The summed E-state index contributed by atoms with van der Waals surface area (Å²) in [5, 5.41) is 12.0. The molecule has 3 rings (SSSR count). The van der Waals surface area contributed by atoms with E-state index in [1.807, 2.05) is 30.3 Å². The van der Waals surface area contributed by atoms with E-state index in [9.17, 15) is 4.79 Å². The Hall–Kier alpha value is -1.92. The molecule has 6 heteroatoms. The highest BCUT2D eigenvalue weighted by Gasteiger charge is 2.09. The molecule has 0 radical (unpaired) electrons. The van der Waals surface area contributed by atoms with E-state index in [1.165, 1.54) is 38.8 Å². The van der Waals surface area contributed by atoms with Gasteiger partial charge in [0.05, 0.1) is 0 Å². The van der Waals surface area contributed by atoms with Crippen LogP contribution in [0.4, 0.5) is 5.82 Å². The van der Waals surface area contributed by atoms with E-state index in [0.29, 0.717) is 11.4 Å². The van der Waals surface area contributed by atoms with Crippen LogP contribution < -0.4 is 5.32 Å². The second kappa shape index (κ2) is 9.53. The number of nitrogens with one attached hydrogen (secondary N) is 1. The quantitative estimate of drug-likeness (QED) is 0.800. The molecule has 1 aromatic carbocycles. The first-order valence-electron chi connectivity index (χ1n) is 8.86. The Kier molecular flexibility index (Phi) is 6.82. The SMILES string of the molecule is O=C(Nc1ccc(SCCN2CCCCCC2)nn1)c1ccccc1. The van der Waals surface area contributed by atoms with Gasteiger partial charge in [-0.3, -0.25) is 4.79 Å². The van der Waals surface area contributed by atoms with E-state index in [-0.39, 0.29) is 5.91 Å². The Labute approximate surface area is 153 Å². The third-order valence-corrected chi connectivity index (χ3v) is 5.17. The number of carbonyl (C=O) groups excluding carboxylic acids is 1. The van der Waals surface area contributed by atoms with Gasteiger partial charge >= 0.3 is 0 Å². The number of anilines is 1. The minimum atomic E-state index is -0.170. The van der Waals surface area contributed by atoms with E-state index in [4.69, 9.17) is 0 Å². The summed E-state index contributed by atoms with van der Waals surface area (Å²) in [5.41, 5.74) is 0.611. The van der Waals surface area contributed by atoms with Crippen LogP contribution in [0.2, 0.25) is 0 Å². The average molecular weight is 356 g/mol. The van der Waals surface area contributed by atoms with Gasteiger partial charge in [0.25, 0.3) is 5.91 Å². The predicted molar refractivity (Wildman–Crippen MR) is 102 cm³/mol. The lowest BCUT2D eigenvalue weighted by atomic mass is 10.2. The number of benzene rings is 1. The average Bonchev–Trinajstić information content (AvgIpc) is 2.93. The molecule has 0 spiro atoms. The van der Waals surface area contributed by atoms with Crippen LogP contribution in [0.1, 0.15) is 36.0 Å². The Morgan fingerprint density at radius 1 is 1.00 bits per heavy atom. The Balaban J connectivity index is 1.44. The highest BCUT2D eigenvalue weighted by atomic mass is 32.2. The first-order chi connectivity index (χ1) is 12.3. The Morgan fingerprint density at radius 3 is 2.44 bits per heavy atom. The summed E-state index contributed by atoms with van der Waals surface area (Å²) in [6.07, 6.45) is 5.37. The zero-order valence-electron chi connectivity index (χ0n) is 14.4. The zero-order valence-corrected chi connectivity index (χ0v) is 15.2. The molecule has 0 unspecified atom stereocenters. The number of hydrogen-bond acceptors (Lipinski definition) is 5. The third kappa shape index (κ3) is 5.83. The van der Waals surface area contributed by atoms with E-state index in [0.717, 1.165) is 17.3 Å². The molecule has 1 aliphatic heterocycles. The summed E-state index contributed by atoms with van der Waals surface area (Å²) >= 11 is 1.72. The van der Waals surface area contributed by atoms with Crippen molar-refractivity contribution in [2.45, 2.75) is 30.7 Å². The normalized spacial score (nSPS) is 15.5. The van der Waals surface area contributed by atoms with Crippen LogP contribution in [0.5, 0.6) is 0 Å². The highest BCUT2D eigenvalue weighted by Crippen LogP contribution is 2.17. The molecule has 1 amide bonds. The molecule has 25 heavy (non-hydrogen) atoms. The van der Waals surface area contributed by atoms with Gasteiger partial charge in [0, 0.05) is 17.9 Å². The minimum absolute atomic E-state index is 0.170. The molecule has 1 N–H and O–H groups in total. The van der Waals surface area contributed by atoms with Crippen molar-refractivity contribution in [3.05, 3.63) is 48.0 Å². The maximum absolute atomic E-state index is 12.1. The topological polar surface area (TPSA) is 58.1 Å². The molecule has 1 aliphatic rings. The number of hydrogen-bond donors (Lipinski definition) is 1. The van der Waals surface area contributed by atoms with E-state index >= 15 is 0 Å². The first-order valence-corrected chi connectivity index (χ1v) is 9.85. The number of thioether (sulfide) groups is 1. The summed E-state index contributed by atoms with van der Waals surface area (Å²) in [5.74, 6) is 1.33. The van der Waals surface area contributed by atoms with Crippen molar-refractivity contribution >= 4 is 23.5 Å². The minimum Gasteiger partial charge on any atom is -0.305 e. The van der Waals surface area contributed by atoms with Gasteiger partial charge < -0.3 is 10.2 Å². The van der Waals surface area contributed by atoms with Gasteiger partial charge in [-0.15, -0.1) is 22.0 Å². The number of rotatable bonds is 6. The Morgan fingerprint density at radius 2 is 1.76 bits per heavy atom. The lowest BCUT2D eigenvalue weighted by Crippen LogP contribution is -2.27. The molecule has 132 valence electrons. The highest BCUT2D eigenvalue weighted by molar-refractivity contribution is 7.99. The summed E-state index contributed by atoms with van der Waals surface area (Å²) in [7, 11) is 0. The van der Waals surface area contributed by atoms with Gasteiger partial charge in [-0.05, 0) is 50.2 Å². The molecular weight excluding hydrogens is 332 g/mol. The van der Waals surface area contributed by atoms with Gasteiger partial charge in [-0.2, -0.15) is 0 Å².